The van der Waals surface area contributed by atoms with Gasteiger partial charge in [0.2, 0.25) is 5.88 Å². The highest BCUT2D eigenvalue weighted by Gasteiger charge is 2.21. The molecule has 0 radical (unpaired) electrons. The van der Waals surface area contributed by atoms with E-state index in [4.69, 9.17) is 28.6 Å². The van der Waals surface area contributed by atoms with E-state index in [-0.39, 0.29) is 5.75 Å². The van der Waals surface area contributed by atoms with Crippen molar-refractivity contribution in [3.8, 4) is 28.8 Å². The zero-order chi connectivity index (χ0) is 16.8. The van der Waals surface area contributed by atoms with Crippen LogP contribution in [0.1, 0.15) is 16.7 Å². The van der Waals surface area contributed by atoms with Crippen molar-refractivity contribution in [3.63, 3.8) is 0 Å². The van der Waals surface area contributed by atoms with Crippen LogP contribution in [0, 0.1) is 11.6 Å². The summed E-state index contributed by atoms with van der Waals surface area (Å²) in [4.78, 5) is 7.54. The van der Waals surface area contributed by atoms with E-state index in [9.17, 15) is 5.11 Å². The second kappa shape index (κ2) is 5.61. The van der Waals surface area contributed by atoms with Crippen LogP contribution < -0.4 is 4.74 Å². The van der Waals surface area contributed by atoms with Crippen LogP contribution in [0.2, 0.25) is 5.02 Å². The molecule has 0 unspecified atom stereocenters. The molecule has 2 heterocycles. The molecule has 0 atom stereocenters. The largest absolute Gasteiger partial charge is 0.507 e. The maximum atomic E-state index is 10.1. The van der Waals surface area contributed by atoms with Crippen molar-refractivity contribution in [3.05, 3.63) is 62.8 Å². The first kappa shape index (κ1) is 15.2. The van der Waals surface area contributed by atoms with Gasteiger partial charge in [0.15, 0.2) is 0 Å². The van der Waals surface area contributed by atoms with Gasteiger partial charge in [0.1, 0.15) is 22.0 Å². The number of benzene rings is 2. The number of H-pyrrole nitrogens is 1. The number of hydrogen-bond donors (Lipinski definition) is 2. The molecule has 1 aliphatic heterocycles. The number of aromatic amines is 1. The summed E-state index contributed by atoms with van der Waals surface area (Å²) in [6.07, 6.45) is 0.663. The number of aromatic hydroxyl groups is 1. The van der Waals surface area contributed by atoms with Gasteiger partial charge in [-0.1, -0.05) is 41.5 Å². The maximum Gasteiger partial charge on any atom is 0.205 e. The minimum atomic E-state index is 0.0735. The lowest BCUT2D eigenvalue weighted by atomic mass is 10.0. The molecule has 4 rings (SSSR count). The van der Waals surface area contributed by atoms with Crippen molar-refractivity contribution in [1.29, 1.82) is 0 Å². The molecular weight excluding hydrogens is 344 g/mol. The Balaban J connectivity index is 1.85. The number of rotatable bonds is 1. The average molecular weight is 357 g/mol. The highest BCUT2D eigenvalue weighted by molar-refractivity contribution is 7.71. The number of halogens is 1. The molecule has 2 aromatic carbocycles. The predicted octanol–water partition coefficient (Wildman–Crippen LogP) is 5.17. The molecule has 2 N–H and O–H groups in total. The lowest BCUT2D eigenvalue weighted by molar-refractivity contribution is 0.438. The molecule has 120 valence electrons. The van der Waals surface area contributed by atoms with Crippen LogP contribution in [0.25, 0.3) is 11.4 Å². The van der Waals surface area contributed by atoms with Crippen molar-refractivity contribution < 1.29 is 9.84 Å². The summed E-state index contributed by atoms with van der Waals surface area (Å²) >= 11 is 11.5. The molecular formula is C18H13ClN2O2S. The number of aryl methyl sites for hydroxylation is 1. The standard InChI is InChI=1S/C18H13ClN2O2S/c1-9-2-5-15-10(6-9)7-13-17(23-15)20-16(21-18(13)24)12-8-11(19)3-4-14(12)22/h2-6,8,22H,7H2,1H3,(H,20,21,24). The van der Waals surface area contributed by atoms with Crippen LogP contribution >= 0.6 is 23.8 Å². The third kappa shape index (κ3) is 2.56. The molecule has 0 fully saturated rings. The zero-order valence-corrected chi connectivity index (χ0v) is 14.3. The minimum Gasteiger partial charge on any atom is -0.507 e. The van der Waals surface area contributed by atoms with Gasteiger partial charge in [-0.25, -0.2) is 4.98 Å². The van der Waals surface area contributed by atoms with Crippen LogP contribution in [-0.4, -0.2) is 15.1 Å². The molecule has 0 amide bonds. The Bertz CT molecular complexity index is 1030. The fourth-order valence-corrected chi connectivity index (χ4v) is 3.22. The minimum absolute atomic E-state index is 0.0735. The lowest BCUT2D eigenvalue weighted by Crippen LogP contribution is -2.08. The Morgan fingerprint density at radius 3 is 2.92 bits per heavy atom. The first-order valence-corrected chi connectivity index (χ1v) is 8.19. The van der Waals surface area contributed by atoms with Crippen LogP contribution in [0.5, 0.6) is 17.4 Å². The average Bonchev–Trinajstić information content (AvgIpc) is 2.55. The number of fused-ring (bicyclic) bond motifs is 2. The molecule has 1 aliphatic rings. The molecule has 24 heavy (non-hydrogen) atoms. The molecule has 3 aromatic rings. The Hall–Kier alpha value is -2.37. The summed E-state index contributed by atoms with van der Waals surface area (Å²) in [5, 5.41) is 10.6. The van der Waals surface area contributed by atoms with Gasteiger partial charge in [0.25, 0.3) is 0 Å². The van der Waals surface area contributed by atoms with E-state index in [1.807, 2.05) is 19.1 Å². The monoisotopic (exact) mass is 356 g/mol. The van der Waals surface area contributed by atoms with E-state index in [1.165, 1.54) is 11.6 Å². The first-order valence-electron chi connectivity index (χ1n) is 7.41. The molecule has 0 spiro atoms. The summed E-state index contributed by atoms with van der Waals surface area (Å²) < 4.78 is 6.42. The van der Waals surface area contributed by atoms with Gasteiger partial charge >= 0.3 is 0 Å². The van der Waals surface area contributed by atoms with Crippen molar-refractivity contribution >= 4 is 23.8 Å². The molecule has 6 heteroatoms. The molecule has 0 aliphatic carbocycles. The number of hydrogen-bond acceptors (Lipinski definition) is 4. The van der Waals surface area contributed by atoms with Crippen LogP contribution in [-0.2, 0) is 6.42 Å². The van der Waals surface area contributed by atoms with Crippen LogP contribution in [0.3, 0.4) is 0 Å². The predicted molar refractivity (Wildman–Crippen MR) is 95.6 cm³/mol. The van der Waals surface area contributed by atoms with Gasteiger partial charge in [-0.3, -0.25) is 0 Å². The fraction of sp³-hybridized carbons (Fsp3) is 0.111. The summed E-state index contributed by atoms with van der Waals surface area (Å²) in [7, 11) is 0. The number of nitrogens with one attached hydrogen (secondary N) is 1. The van der Waals surface area contributed by atoms with Crippen LogP contribution in [0.15, 0.2) is 36.4 Å². The molecule has 0 bridgehead atoms. The first-order chi connectivity index (χ1) is 11.5. The van der Waals surface area contributed by atoms with E-state index < -0.39 is 0 Å². The highest BCUT2D eigenvalue weighted by atomic mass is 35.5. The van der Waals surface area contributed by atoms with Gasteiger partial charge < -0.3 is 14.8 Å². The van der Waals surface area contributed by atoms with Gasteiger partial charge in [0, 0.05) is 11.4 Å². The van der Waals surface area contributed by atoms with E-state index in [0.29, 0.717) is 33.4 Å². The van der Waals surface area contributed by atoms with Gasteiger partial charge in [-0.15, -0.1) is 0 Å². The normalized spacial score (nSPS) is 12.2. The van der Waals surface area contributed by atoms with E-state index in [2.05, 4.69) is 16.0 Å². The number of phenolic OH excluding ortho intramolecular Hbond substituents is 1. The quantitative estimate of drug-likeness (QED) is 0.462. The summed E-state index contributed by atoms with van der Waals surface area (Å²) in [5.41, 5.74) is 3.58. The summed E-state index contributed by atoms with van der Waals surface area (Å²) in [6.45, 7) is 2.04. The number of nitrogens with zero attached hydrogens (tertiary/aromatic N) is 1. The fourth-order valence-electron chi connectivity index (χ4n) is 2.79. The summed E-state index contributed by atoms with van der Waals surface area (Å²) in [6, 6.07) is 10.8. The number of phenols is 1. The third-order valence-electron chi connectivity index (χ3n) is 3.99. The third-order valence-corrected chi connectivity index (χ3v) is 4.56. The van der Waals surface area contributed by atoms with Gasteiger partial charge in [-0.05, 0) is 36.8 Å². The number of ether oxygens (including phenoxy) is 1. The second-order valence-electron chi connectivity index (χ2n) is 5.75. The maximum absolute atomic E-state index is 10.1. The van der Waals surface area contributed by atoms with Gasteiger partial charge in [-0.2, -0.15) is 0 Å². The smallest absolute Gasteiger partial charge is 0.205 e. The Morgan fingerprint density at radius 2 is 2.08 bits per heavy atom. The van der Waals surface area contributed by atoms with E-state index >= 15 is 0 Å². The molecule has 0 saturated carbocycles. The lowest BCUT2D eigenvalue weighted by Gasteiger charge is -2.21. The van der Waals surface area contributed by atoms with Crippen molar-refractivity contribution in [1.82, 2.24) is 9.97 Å². The molecule has 0 saturated heterocycles. The SMILES string of the molecule is Cc1ccc2c(c1)Cc1c([nH]c(-c3cc(Cl)ccc3O)nc1=S)O2. The van der Waals surface area contributed by atoms with E-state index in [0.717, 1.165) is 16.9 Å². The van der Waals surface area contributed by atoms with Crippen molar-refractivity contribution in [2.24, 2.45) is 0 Å². The zero-order valence-electron chi connectivity index (χ0n) is 12.8. The topological polar surface area (TPSA) is 58.1 Å². The molecule has 1 aromatic heterocycles. The van der Waals surface area contributed by atoms with Crippen molar-refractivity contribution in [2.75, 3.05) is 0 Å². The Labute approximate surface area is 148 Å². The summed E-state index contributed by atoms with van der Waals surface area (Å²) in [5.74, 6) is 1.85. The van der Waals surface area contributed by atoms with Crippen LogP contribution in [0.4, 0.5) is 0 Å². The second-order valence-corrected chi connectivity index (χ2v) is 6.57. The van der Waals surface area contributed by atoms with Crippen molar-refractivity contribution in [2.45, 2.75) is 13.3 Å². The van der Waals surface area contributed by atoms with Gasteiger partial charge in [0.05, 0.1) is 11.1 Å². The number of aromatic nitrogens is 2. The Kier molecular flexibility index (Phi) is 3.55. The van der Waals surface area contributed by atoms with E-state index in [1.54, 1.807) is 12.1 Å². The molecule has 4 nitrogen and oxygen atoms in total. The Morgan fingerprint density at radius 1 is 1.25 bits per heavy atom. The highest BCUT2D eigenvalue weighted by Crippen LogP contribution is 2.38.